The number of furan rings is 1. The first kappa shape index (κ1) is 14.3. The second-order valence-corrected chi connectivity index (χ2v) is 6.47. The average molecular weight is 339 g/mol. The van der Waals surface area contributed by atoms with Crippen molar-refractivity contribution < 1.29 is 9.21 Å². The summed E-state index contributed by atoms with van der Waals surface area (Å²) in [5.74, 6) is 0.766. The van der Waals surface area contributed by atoms with E-state index < -0.39 is 0 Å². The lowest BCUT2D eigenvalue weighted by molar-refractivity contribution is 0.229. The number of hydrogen-bond acceptors (Lipinski definition) is 6. The van der Waals surface area contributed by atoms with Gasteiger partial charge in [0.25, 0.3) is 0 Å². The van der Waals surface area contributed by atoms with Crippen molar-refractivity contribution in [2.75, 3.05) is 43.0 Å². The van der Waals surface area contributed by atoms with Crippen LogP contribution in [0.3, 0.4) is 0 Å². The van der Waals surface area contributed by atoms with Crippen LogP contribution in [0.2, 0.25) is 0 Å². The van der Waals surface area contributed by atoms with Gasteiger partial charge in [0.05, 0.1) is 30.4 Å². The zero-order chi connectivity index (χ0) is 17.0. The summed E-state index contributed by atoms with van der Waals surface area (Å²) >= 11 is 0. The van der Waals surface area contributed by atoms with Crippen molar-refractivity contribution in [3.05, 3.63) is 30.9 Å². The van der Waals surface area contributed by atoms with Crippen LogP contribution in [0.15, 0.2) is 35.3 Å². The van der Waals surface area contributed by atoms with Crippen molar-refractivity contribution in [3.8, 4) is 0 Å². The number of aromatic nitrogens is 4. The van der Waals surface area contributed by atoms with Crippen LogP contribution in [0.1, 0.15) is 6.04 Å². The summed E-state index contributed by atoms with van der Waals surface area (Å²) in [4.78, 5) is 17.7. The van der Waals surface area contributed by atoms with E-state index in [1.165, 1.54) is 0 Å². The van der Waals surface area contributed by atoms with Crippen molar-refractivity contribution in [2.24, 2.45) is 0 Å². The van der Waals surface area contributed by atoms with Gasteiger partial charge >= 0.3 is 6.03 Å². The average Bonchev–Trinajstić information content (AvgIpc) is 3.28. The molecule has 2 fully saturated rings. The maximum absolute atomic E-state index is 12.1. The Labute approximate surface area is 143 Å². The Hall–Kier alpha value is -3.10. The van der Waals surface area contributed by atoms with E-state index in [1.54, 1.807) is 28.5 Å². The summed E-state index contributed by atoms with van der Waals surface area (Å²) in [5, 5.41) is 13.6. The van der Waals surface area contributed by atoms with Gasteiger partial charge < -0.3 is 14.2 Å². The number of hydrogen-bond donors (Lipinski definition) is 0. The number of rotatable bonds is 3. The van der Waals surface area contributed by atoms with Crippen LogP contribution >= 0.6 is 0 Å². The molecule has 2 saturated heterocycles. The second-order valence-electron chi connectivity index (χ2n) is 6.47. The quantitative estimate of drug-likeness (QED) is 0.716. The fourth-order valence-corrected chi connectivity index (χ4v) is 3.35. The van der Waals surface area contributed by atoms with Gasteiger partial charge in [0, 0.05) is 44.8 Å². The van der Waals surface area contributed by atoms with Gasteiger partial charge in [0.1, 0.15) is 0 Å². The smallest absolute Gasteiger partial charge is 0.324 e. The molecular formula is C16H17N7O2. The number of urea groups is 1. The molecule has 0 aromatic carbocycles. The molecule has 2 amide bonds. The van der Waals surface area contributed by atoms with Crippen LogP contribution in [-0.2, 0) is 0 Å². The van der Waals surface area contributed by atoms with E-state index in [2.05, 4.69) is 20.2 Å². The number of nitrogens with zero attached hydrogens (tertiary/aromatic N) is 7. The van der Waals surface area contributed by atoms with Gasteiger partial charge in [-0.2, -0.15) is 10.2 Å². The van der Waals surface area contributed by atoms with E-state index in [0.717, 1.165) is 42.1 Å². The Kier molecular flexibility index (Phi) is 2.97. The van der Waals surface area contributed by atoms with Crippen LogP contribution in [0, 0.1) is 0 Å². The molecule has 2 aliphatic heterocycles. The SMILES string of the molecule is CN1CCN(c2cnn(C3CN(c4nncc5ccoc45)C3)c2)C1=O. The molecule has 0 aliphatic carbocycles. The van der Waals surface area contributed by atoms with Crippen LogP contribution in [0.25, 0.3) is 11.0 Å². The molecular weight excluding hydrogens is 322 g/mol. The molecule has 0 radical (unpaired) electrons. The molecule has 0 bridgehead atoms. The van der Waals surface area contributed by atoms with E-state index in [4.69, 9.17) is 4.42 Å². The third-order valence-electron chi connectivity index (χ3n) is 4.90. The standard InChI is InChI=1S/C16H17N7O2/c1-20-3-4-22(16(20)24)12-7-18-23(10-12)13-8-21(9-13)15-14-11(2-5-25-14)6-17-19-15/h2,5-7,10,13H,3-4,8-9H2,1H3. The molecule has 0 saturated carbocycles. The predicted octanol–water partition coefficient (Wildman–Crippen LogP) is 1.35. The van der Waals surface area contributed by atoms with Crippen LogP contribution < -0.4 is 9.80 Å². The zero-order valence-electron chi connectivity index (χ0n) is 13.7. The Bertz CT molecular complexity index is 943. The molecule has 2 aliphatic rings. The van der Waals surface area contributed by atoms with Crippen molar-refractivity contribution in [1.82, 2.24) is 24.9 Å². The van der Waals surface area contributed by atoms with Crippen molar-refractivity contribution in [1.29, 1.82) is 0 Å². The first-order chi connectivity index (χ1) is 12.2. The highest BCUT2D eigenvalue weighted by Crippen LogP contribution is 2.32. The normalized spacial score (nSPS) is 18.4. The lowest BCUT2D eigenvalue weighted by atomic mass is 10.1. The molecule has 25 heavy (non-hydrogen) atoms. The second kappa shape index (κ2) is 5.20. The maximum atomic E-state index is 12.1. The molecule has 0 N–H and O–H groups in total. The predicted molar refractivity (Wildman–Crippen MR) is 90.7 cm³/mol. The van der Waals surface area contributed by atoms with Gasteiger partial charge in [0.15, 0.2) is 11.4 Å². The van der Waals surface area contributed by atoms with Gasteiger partial charge in [-0.25, -0.2) is 4.79 Å². The summed E-state index contributed by atoms with van der Waals surface area (Å²) in [5.41, 5.74) is 1.61. The lowest BCUT2D eigenvalue weighted by Crippen LogP contribution is -2.48. The Morgan fingerprint density at radius 2 is 2.12 bits per heavy atom. The molecule has 9 nitrogen and oxygen atoms in total. The van der Waals surface area contributed by atoms with E-state index in [-0.39, 0.29) is 12.1 Å². The number of fused-ring (bicyclic) bond motifs is 1. The Balaban J connectivity index is 1.31. The minimum atomic E-state index is 0.0227. The van der Waals surface area contributed by atoms with Gasteiger partial charge in [-0.05, 0) is 6.07 Å². The largest absolute Gasteiger partial charge is 0.460 e. The highest BCUT2D eigenvalue weighted by molar-refractivity contribution is 5.93. The fourth-order valence-electron chi connectivity index (χ4n) is 3.35. The maximum Gasteiger partial charge on any atom is 0.324 e. The van der Waals surface area contributed by atoms with Gasteiger partial charge in [-0.1, -0.05) is 0 Å². The molecule has 128 valence electrons. The van der Waals surface area contributed by atoms with Crippen molar-refractivity contribution in [3.63, 3.8) is 0 Å². The summed E-state index contributed by atoms with van der Waals surface area (Å²) in [6.07, 6.45) is 7.05. The van der Waals surface area contributed by atoms with E-state index >= 15 is 0 Å². The molecule has 5 rings (SSSR count). The Morgan fingerprint density at radius 1 is 1.24 bits per heavy atom. The summed E-state index contributed by atoms with van der Waals surface area (Å²) in [6.45, 7) is 3.01. The molecule has 3 aromatic rings. The highest BCUT2D eigenvalue weighted by Gasteiger charge is 2.33. The molecule has 0 atom stereocenters. The zero-order valence-corrected chi connectivity index (χ0v) is 13.7. The summed E-state index contributed by atoms with van der Waals surface area (Å²) < 4.78 is 7.45. The van der Waals surface area contributed by atoms with Crippen LogP contribution in [0.5, 0.6) is 0 Å². The topological polar surface area (TPSA) is 83.5 Å². The fraction of sp³-hybridized carbons (Fsp3) is 0.375. The number of amides is 2. The first-order valence-corrected chi connectivity index (χ1v) is 8.21. The first-order valence-electron chi connectivity index (χ1n) is 8.21. The molecule has 5 heterocycles. The van der Waals surface area contributed by atoms with Crippen LogP contribution in [0.4, 0.5) is 16.3 Å². The summed E-state index contributed by atoms with van der Waals surface area (Å²) in [7, 11) is 1.81. The molecule has 3 aromatic heterocycles. The van der Waals surface area contributed by atoms with Gasteiger partial charge in [-0.15, -0.1) is 5.10 Å². The Morgan fingerprint density at radius 3 is 2.92 bits per heavy atom. The number of anilines is 2. The van der Waals surface area contributed by atoms with E-state index in [9.17, 15) is 4.79 Å². The number of carbonyl (C=O) groups excluding carboxylic acids is 1. The minimum Gasteiger partial charge on any atom is -0.460 e. The molecule has 0 unspecified atom stereocenters. The highest BCUT2D eigenvalue weighted by atomic mass is 16.3. The third-order valence-corrected chi connectivity index (χ3v) is 4.90. The van der Waals surface area contributed by atoms with E-state index in [1.807, 2.05) is 24.0 Å². The number of likely N-dealkylation sites (N-methyl/N-ethyl adjacent to an activating group) is 1. The monoisotopic (exact) mass is 339 g/mol. The molecule has 9 heteroatoms. The van der Waals surface area contributed by atoms with Gasteiger partial charge in [0.2, 0.25) is 0 Å². The number of carbonyl (C=O) groups is 1. The van der Waals surface area contributed by atoms with Crippen LogP contribution in [-0.4, -0.2) is 64.1 Å². The summed E-state index contributed by atoms with van der Waals surface area (Å²) in [6, 6.07) is 2.15. The molecule has 0 spiro atoms. The third kappa shape index (κ3) is 2.15. The van der Waals surface area contributed by atoms with E-state index in [0.29, 0.717) is 6.54 Å². The van der Waals surface area contributed by atoms with Gasteiger partial charge in [-0.3, -0.25) is 9.58 Å². The van der Waals surface area contributed by atoms with Crippen molar-refractivity contribution >= 4 is 28.5 Å². The van der Waals surface area contributed by atoms with Crippen molar-refractivity contribution in [2.45, 2.75) is 6.04 Å². The lowest BCUT2D eigenvalue weighted by Gasteiger charge is -2.39. The minimum absolute atomic E-state index is 0.0227.